The zero-order chi connectivity index (χ0) is 19.9. The van der Waals surface area contributed by atoms with E-state index < -0.39 is 0 Å². The van der Waals surface area contributed by atoms with Gasteiger partial charge in [-0.05, 0) is 37.2 Å². The monoisotopic (exact) mass is 392 g/mol. The standard InChI is InChI=1S/C21H24N6O2/c28-20(21-24-19(25-29-21)17-6-4-9-22-16-17)23-10-5-11-26-12-14-27(15-13-26)18-7-2-1-3-8-18/h1-4,6-9,16H,5,10-15H2,(H,23,28). The zero-order valence-electron chi connectivity index (χ0n) is 16.2. The van der Waals surface area contributed by atoms with Crippen molar-refractivity contribution in [2.75, 3.05) is 44.2 Å². The second kappa shape index (κ2) is 9.29. The van der Waals surface area contributed by atoms with Gasteiger partial charge in [-0.15, -0.1) is 0 Å². The Morgan fingerprint density at radius 2 is 1.90 bits per heavy atom. The number of carbonyl (C=O) groups is 1. The number of nitrogens with zero attached hydrogens (tertiary/aromatic N) is 5. The van der Waals surface area contributed by atoms with E-state index in [1.165, 1.54) is 5.69 Å². The van der Waals surface area contributed by atoms with Gasteiger partial charge in [0.15, 0.2) is 0 Å². The molecule has 3 aromatic rings. The van der Waals surface area contributed by atoms with Gasteiger partial charge in [0.05, 0.1) is 0 Å². The minimum absolute atomic E-state index is 0.0275. The summed E-state index contributed by atoms with van der Waals surface area (Å²) in [5, 5.41) is 6.69. The maximum absolute atomic E-state index is 12.2. The van der Waals surface area contributed by atoms with Crippen LogP contribution in [0.3, 0.4) is 0 Å². The number of rotatable bonds is 7. The Labute approximate surface area is 169 Å². The van der Waals surface area contributed by atoms with E-state index in [1.807, 2.05) is 12.1 Å². The number of piperazine rings is 1. The number of para-hydroxylation sites is 1. The molecule has 1 fully saturated rings. The lowest BCUT2D eigenvalue weighted by Gasteiger charge is -2.36. The van der Waals surface area contributed by atoms with Gasteiger partial charge >= 0.3 is 11.8 Å². The largest absolute Gasteiger partial charge is 0.369 e. The van der Waals surface area contributed by atoms with Crippen molar-refractivity contribution in [3.8, 4) is 11.4 Å². The number of anilines is 1. The predicted octanol–water partition coefficient (Wildman–Crippen LogP) is 2.07. The molecule has 150 valence electrons. The molecule has 1 aliphatic heterocycles. The van der Waals surface area contributed by atoms with Crippen LogP contribution in [0.4, 0.5) is 5.69 Å². The number of pyridine rings is 1. The summed E-state index contributed by atoms with van der Waals surface area (Å²) in [4.78, 5) is 25.2. The molecule has 8 heteroatoms. The number of aromatic nitrogens is 3. The summed E-state index contributed by atoms with van der Waals surface area (Å²) in [5.74, 6) is -0.0126. The Balaban J connectivity index is 1.17. The Morgan fingerprint density at radius 3 is 2.66 bits per heavy atom. The molecule has 0 spiro atoms. The molecular formula is C21H24N6O2. The molecule has 1 amide bonds. The fourth-order valence-corrected chi connectivity index (χ4v) is 3.38. The zero-order valence-corrected chi connectivity index (χ0v) is 16.2. The van der Waals surface area contributed by atoms with Crippen LogP contribution in [0.5, 0.6) is 0 Å². The first-order chi connectivity index (χ1) is 14.3. The average molecular weight is 392 g/mol. The van der Waals surface area contributed by atoms with Crippen LogP contribution < -0.4 is 10.2 Å². The highest BCUT2D eigenvalue weighted by atomic mass is 16.5. The quantitative estimate of drug-likeness (QED) is 0.616. The number of hydrogen-bond donors (Lipinski definition) is 1. The van der Waals surface area contributed by atoms with E-state index in [2.05, 4.69) is 54.5 Å². The summed E-state index contributed by atoms with van der Waals surface area (Å²) in [7, 11) is 0. The number of benzene rings is 1. The third kappa shape index (κ3) is 4.97. The molecule has 8 nitrogen and oxygen atoms in total. The highest BCUT2D eigenvalue weighted by molar-refractivity contribution is 5.89. The van der Waals surface area contributed by atoms with Crippen molar-refractivity contribution in [1.29, 1.82) is 0 Å². The first-order valence-electron chi connectivity index (χ1n) is 9.84. The molecule has 0 radical (unpaired) electrons. The molecule has 29 heavy (non-hydrogen) atoms. The summed E-state index contributed by atoms with van der Waals surface area (Å²) in [6.07, 6.45) is 4.17. The second-order valence-corrected chi connectivity index (χ2v) is 6.94. The molecule has 0 atom stereocenters. The van der Waals surface area contributed by atoms with Crippen molar-refractivity contribution in [3.05, 3.63) is 60.7 Å². The first kappa shape index (κ1) is 19.1. The van der Waals surface area contributed by atoms with E-state index in [4.69, 9.17) is 4.52 Å². The normalized spacial score (nSPS) is 14.7. The van der Waals surface area contributed by atoms with E-state index in [-0.39, 0.29) is 11.8 Å². The third-order valence-electron chi connectivity index (χ3n) is 4.97. The van der Waals surface area contributed by atoms with E-state index in [0.717, 1.165) is 39.1 Å². The van der Waals surface area contributed by atoms with Crippen molar-refractivity contribution in [1.82, 2.24) is 25.3 Å². The summed E-state index contributed by atoms with van der Waals surface area (Å²) >= 11 is 0. The molecule has 1 aromatic carbocycles. The summed E-state index contributed by atoms with van der Waals surface area (Å²) in [6, 6.07) is 14.1. The van der Waals surface area contributed by atoms with Gasteiger partial charge in [0.2, 0.25) is 5.82 Å². The highest BCUT2D eigenvalue weighted by Crippen LogP contribution is 2.16. The maximum atomic E-state index is 12.2. The minimum atomic E-state index is -0.346. The summed E-state index contributed by atoms with van der Waals surface area (Å²) in [6.45, 7) is 5.63. The summed E-state index contributed by atoms with van der Waals surface area (Å²) in [5.41, 5.74) is 1.99. The SMILES string of the molecule is O=C(NCCCN1CCN(c2ccccc2)CC1)c1nc(-c2cccnc2)no1. The van der Waals surface area contributed by atoms with Crippen LogP contribution >= 0.6 is 0 Å². The van der Waals surface area contributed by atoms with Gasteiger partial charge in [-0.25, -0.2) is 0 Å². The molecule has 0 unspecified atom stereocenters. The number of nitrogens with one attached hydrogen (secondary N) is 1. The Kier molecular flexibility index (Phi) is 6.11. The van der Waals surface area contributed by atoms with E-state index in [0.29, 0.717) is 17.9 Å². The minimum Gasteiger partial charge on any atom is -0.369 e. The molecule has 0 saturated carbocycles. The highest BCUT2D eigenvalue weighted by Gasteiger charge is 2.18. The van der Waals surface area contributed by atoms with Crippen molar-refractivity contribution in [2.45, 2.75) is 6.42 Å². The van der Waals surface area contributed by atoms with E-state index in [9.17, 15) is 4.79 Å². The van der Waals surface area contributed by atoms with E-state index >= 15 is 0 Å². The molecule has 3 heterocycles. The van der Waals surface area contributed by atoms with Crippen LogP contribution in [-0.2, 0) is 0 Å². The molecule has 0 bridgehead atoms. The molecule has 0 aliphatic carbocycles. The van der Waals surface area contributed by atoms with Crippen LogP contribution in [0.15, 0.2) is 59.4 Å². The first-order valence-corrected chi connectivity index (χ1v) is 9.84. The molecular weight excluding hydrogens is 368 g/mol. The van der Waals surface area contributed by atoms with Crippen molar-refractivity contribution in [3.63, 3.8) is 0 Å². The third-order valence-corrected chi connectivity index (χ3v) is 4.97. The van der Waals surface area contributed by atoms with Gasteiger partial charge in [-0.3, -0.25) is 14.7 Å². The fraction of sp³-hybridized carbons (Fsp3) is 0.333. The molecule has 1 N–H and O–H groups in total. The van der Waals surface area contributed by atoms with Gasteiger partial charge in [-0.2, -0.15) is 4.98 Å². The maximum Gasteiger partial charge on any atom is 0.316 e. The number of hydrogen-bond acceptors (Lipinski definition) is 7. The Morgan fingerprint density at radius 1 is 1.07 bits per heavy atom. The van der Waals surface area contributed by atoms with Gasteiger partial charge < -0.3 is 14.7 Å². The molecule has 1 saturated heterocycles. The lowest BCUT2D eigenvalue weighted by molar-refractivity contribution is 0.0907. The van der Waals surface area contributed by atoms with Crippen molar-refractivity contribution < 1.29 is 9.32 Å². The average Bonchev–Trinajstić information content (AvgIpc) is 3.29. The second-order valence-electron chi connectivity index (χ2n) is 6.94. The van der Waals surface area contributed by atoms with E-state index in [1.54, 1.807) is 18.5 Å². The van der Waals surface area contributed by atoms with Gasteiger partial charge in [0.25, 0.3) is 0 Å². The predicted molar refractivity (Wildman–Crippen MR) is 110 cm³/mol. The molecule has 4 rings (SSSR count). The smallest absolute Gasteiger partial charge is 0.316 e. The fourth-order valence-electron chi connectivity index (χ4n) is 3.38. The number of amides is 1. The lowest BCUT2D eigenvalue weighted by Crippen LogP contribution is -2.47. The lowest BCUT2D eigenvalue weighted by atomic mass is 10.2. The van der Waals surface area contributed by atoms with Crippen molar-refractivity contribution in [2.24, 2.45) is 0 Å². The van der Waals surface area contributed by atoms with Crippen LogP contribution in [0, 0.1) is 0 Å². The number of carbonyl (C=O) groups excluding carboxylic acids is 1. The van der Waals surface area contributed by atoms with Crippen LogP contribution in [0.1, 0.15) is 17.1 Å². The van der Waals surface area contributed by atoms with Gasteiger partial charge in [0.1, 0.15) is 0 Å². The molecule has 2 aromatic heterocycles. The van der Waals surface area contributed by atoms with Gasteiger partial charge in [-0.1, -0.05) is 23.4 Å². The summed E-state index contributed by atoms with van der Waals surface area (Å²) < 4.78 is 5.06. The van der Waals surface area contributed by atoms with Crippen LogP contribution in [0.25, 0.3) is 11.4 Å². The topological polar surface area (TPSA) is 87.4 Å². The van der Waals surface area contributed by atoms with Crippen LogP contribution in [-0.4, -0.2) is 65.2 Å². The van der Waals surface area contributed by atoms with Gasteiger partial charge in [0, 0.05) is 56.4 Å². The van der Waals surface area contributed by atoms with Crippen molar-refractivity contribution >= 4 is 11.6 Å². The van der Waals surface area contributed by atoms with Crippen LogP contribution in [0.2, 0.25) is 0 Å². The molecule has 1 aliphatic rings. The Bertz CT molecular complexity index is 907. The Hall–Kier alpha value is -3.26.